The van der Waals surface area contributed by atoms with Crippen molar-refractivity contribution in [3.63, 3.8) is 0 Å². The van der Waals surface area contributed by atoms with E-state index in [-0.39, 0.29) is 5.91 Å². The van der Waals surface area contributed by atoms with E-state index in [1.165, 1.54) is 0 Å². The molecule has 0 aliphatic carbocycles. The zero-order valence-corrected chi connectivity index (χ0v) is 18.2. The maximum absolute atomic E-state index is 14.2. The molecule has 0 radical (unpaired) electrons. The molecule has 0 aromatic heterocycles. The van der Waals surface area contributed by atoms with Gasteiger partial charge in [0.2, 0.25) is 0 Å². The molecule has 1 unspecified atom stereocenters. The Morgan fingerprint density at radius 2 is 1.24 bits per heavy atom. The Bertz CT molecular complexity index is 1280. The van der Waals surface area contributed by atoms with Crippen LogP contribution in [0.1, 0.15) is 16.7 Å². The molecular formula is C30H24N2O. The molecule has 4 aromatic rings. The molecule has 5 rings (SSSR count). The van der Waals surface area contributed by atoms with Gasteiger partial charge in [-0.1, -0.05) is 121 Å². The van der Waals surface area contributed by atoms with Gasteiger partial charge in [-0.15, -0.1) is 0 Å². The van der Waals surface area contributed by atoms with Crippen LogP contribution in [0.4, 0.5) is 5.69 Å². The van der Waals surface area contributed by atoms with Crippen molar-refractivity contribution in [2.24, 2.45) is 10.5 Å². The number of para-hydroxylation sites is 1. The molecular weight excluding hydrogens is 404 g/mol. The number of rotatable bonds is 6. The highest BCUT2D eigenvalue weighted by atomic mass is 16.2. The number of hydrogen-bond donors (Lipinski definition) is 0. The van der Waals surface area contributed by atoms with Gasteiger partial charge in [0.05, 0.1) is 11.4 Å². The van der Waals surface area contributed by atoms with Gasteiger partial charge in [0.15, 0.2) is 0 Å². The summed E-state index contributed by atoms with van der Waals surface area (Å²) < 4.78 is 0. The van der Waals surface area contributed by atoms with Gasteiger partial charge in [-0.25, -0.2) is 0 Å². The summed E-state index contributed by atoms with van der Waals surface area (Å²) in [6.45, 7) is 0. The molecule has 33 heavy (non-hydrogen) atoms. The minimum atomic E-state index is -0.936. The number of carbonyl (C=O) groups is 1. The van der Waals surface area contributed by atoms with Crippen molar-refractivity contribution in [3.05, 3.63) is 144 Å². The quantitative estimate of drug-likeness (QED) is 0.351. The second-order valence-corrected chi connectivity index (χ2v) is 8.14. The lowest BCUT2D eigenvalue weighted by atomic mass is 9.74. The summed E-state index contributed by atoms with van der Waals surface area (Å²) in [7, 11) is 0. The Morgan fingerprint density at radius 1 is 0.697 bits per heavy atom. The van der Waals surface area contributed by atoms with Crippen molar-refractivity contribution in [2.45, 2.75) is 6.42 Å². The molecule has 160 valence electrons. The van der Waals surface area contributed by atoms with Crippen LogP contribution in [0, 0.1) is 5.41 Å². The number of anilines is 1. The van der Waals surface area contributed by atoms with E-state index in [0.717, 1.165) is 28.1 Å². The highest BCUT2D eigenvalue weighted by Crippen LogP contribution is 2.40. The average molecular weight is 429 g/mol. The van der Waals surface area contributed by atoms with Crippen molar-refractivity contribution in [3.8, 4) is 0 Å². The molecule has 4 aromatic carbocycles. The number of carbonyl (C=O) groups excluding carboxylic acids is 1. The topological polar surface area (TPSA) is 32.7 Å². The van der Waals surface area contributed by atoms with E-state index in [1.54, 1.807) is 5.01 Å². The molecule has 1 aliphatic heterocycles. The molecule has 1 amide bonds. The van der Waals surface area contributed by atoms with Gasteiger partial charge < -0.3 is 0 Å². The van der Waals surface area contributed by atoms with Crippen LogP contribution in [-0.2, 0) is 11.2 Å². The van der Waals surface area contributed by atoms with E-state index < -0.39 is 5.41 Å². The molecule has 0 bridgehead atoms. The maximum atomic E-state index is 14.2. The third-order valence-corrected chi connectivity index (χ3v) is 5.93. The minimum absolute atomic E-state index is 0.0522. The summed E-state index contributed by atoms with van der Waals surface area (Å²) in [5.74, 6) is -0.0522. The first-order valence-corrected chi connectivity index (χ1v) is 11.1. The summed E-state index contributed by atoms with van der Waals surface area (Å²) in [5.41, 5.74) is 3.66. The van der Waals surface area contributed by atoms with E-state index in [4.69, 9.17) is 5.10 Å². The lowest BCUT2D eigenvalue weighted by Crippen LogP contribution is -2.40. The van der Waals surface area contributed by atoms with Crippen LogP contribution >= 0.6 is 0 Å². The second-order valence-electron chi connectivity index (χ2n) is 8.14. The van der Waals surface area contributed by atoms with Crippen molar-refractivity contribution in [1.82, 2.24) is 0 Å². The highest BCUT2D eigenvalue weighted by Gasteiger charge is 2.50. The first-order chi connectivity index (χ1) is 16.3. The van der Waals surface area contributed by atoms with Gasteiger partial charge in [-0.05, 0) is 35.2 Å². The fourth-order valence-electron chi connectivity index (χ4n) is 4.27. The standard InChI is InChI=1S/C30H24N2O/c33-29-30(23-25-15-7-2-8-16-25,22-21-24-13-5-1-6-14-24)28(26-17-9-3-10-18-26)31-32(29)27-19-11-4-12-20-27/h1-22H,23H2/b22-21+. The molecule has 0 fully saturated rings. The number of hydrogen-bond acceptors (Lipinski definition) is 2. The molecule has 0 N–H and O–H groups in total. The van der Waals surface area contributed by atoms with E-state index in [9.17, 15) is 4.79 Å². The third-order valence-electron chi connectivity index (χ3n) is 5.93. The lowest BCUT2D eigenvalue weighted by Gasteiger charge is -2.26. The fraction of sp³-hybridized carbons (Fsp3) is 0.0667. The number of nitrogens with zero attached hydrogens (tertiary/aromatic N) is 2. The Hall–Kier alpha value is -4.24. The van der Waals surface area contributed by atoms with E-state index >= 15 is 0 Å². The average Bonchev–Trinajstić information content (AvgIpc) is 3.17. The summed E-state index contributed by atoms with van der Waals surface area (Å²) in [6.07, 6.45) is 4.59. The van der Waals surface area contributed by atoms with Crippen LogP contribution in [0.2, 0.25) is 0 Å². The van der Waals surface area contributed by atoms with Crippen molar-refractivity contribution < 1.29 is 4.79 Å². The van der Waals surface area contributed by atoms with Crippen LogP contribution < -0.4 is 5.01 Å². The first kappa shape index (κ1) is 20.7. The third kappa shape index (κ3) is 4.13. The van der Waals surface area contributed by atoms with Gasteiger partial charge in [0.1, 0.15) is 5.41 Å². The summed E-state index contributed by atoms with van der Waals surface area (Å²) in [5, 5.41) is 6.48. The van der Waals surface area contributed by atoms with E-state index in [0.29, 0.717) is 6.42 Å². The fourth-order valence-corrected chi connectivity index (χ4v) is 4.27. The summed E-state index contributed by atoms with van der Waals surface area (Å²) >= 11 is 0. The Morgan fingerprint density at radius 3 is 1.88 bits per heavy atom. The maximum Gasteiger partial charge on any atom is 0.263 e. The van der Waals surface area contributed by atoms with Crippen LogP contribution in [0.3, 0.4) is 0 Å². The lowest BCUT2D eigenvalue weighted by molar-refractivity contribution is -0.122. The number of hydrazone groups is 1. The molecule has 0 saturated carbocycles. The molecule has 0 spiro atoms. The van der Waals surface area contributed by atoms with Crippen molar-refractivity contribution >= 4 is 23.4 Å². The zero-order chi connectivity index (χ0) is 22.5. The predicted molar refractivity (Wildman–Crippen MR) is 135 cm³/mol. The Labute approximate surface area is 194 Å². The second kappa shape index (κ2) is 9.09. The van der Waals surface area contributed by atoms with Gasteiger partial charge >= 0.3 is 0 Å². The van der Waals surface area contributed by atoms with E-state index in [1.807, 2.05) is 121 Å². The summed E-state index contributed by atoms with van der Waals surface area (Å²) in [4.78, 5) is 14.2. The largest absolute Gasteiger partial charge is 0.271 e. The van der Waals surface area contributed by atoms with Gasteiger partial charge in [0, 0.05) is 0 Å². The van der Waals surface area contributed by atoms with Crippen molar-refractivity contribution in [2.75, 3.05) is 5.01 Å². The molecule has 3 nitrogen and oxygen atoms in total. The summed E-state index contributed by atoms with van der Waals surface area (Å²) in [6, 6.07) is 39.9. The molecule has 3 heteroatoms. The first-order valence-electron chi connectivity index (χ1n) is 11.1. The predicted octanol–water partition coefficient (Wildman–Crippen LogP) is 6.38. The van der Waals surface area contributed by atoms with Crippen LogP contribution in [-0.4, -0.2) is 11.6 Å². The zero-order valence-electron chi connectivity index (χ0n) is 18.2. The Kier molecular flexibility index (Phi) is 5.69. The minimum Gasteiger partial charge on any atom is -0.271 e. The number of amides is 1. The number of benzene rings is 4. The van der Waals surface area contributed by atoms with Crippen LogP contribution in [0.15, 0.2) is 133 Å². The molecule has 0 saturated heterocycles. The van der Waals surface area contributed by atoms with E-state index in [2.05, 4.69) is 12.1 Å². The van der Waals surface area contributed by atoms with Crippen molar-refractivity contribution in [1.29, 1.82) is 0 Å². The monoisotopic (exact) mass is 428 g/mol. The SMILES string of the molecule is O=C1N(c2ccccc2)N=C(c2ccccc2)C1(/C=C/c1ccccc1)Cc1ccccc1. The highest BCUT2D eigenvalue weighted by molar-refractivity contribution is 6.26. The molecule has 1 atom stereocenters. The van der Waals surface area contributed by atoms with Gasteiger partial charge in [-0.3, -0.25) is 4.79 Å². The smallest absolute Gasteiger partial charge is 0.263 e. The van der Waals surface area contributed by atoms with Crippen LogP contribution in [0.5, 0.6) is 0 Å². The molecule has 1 heterocycles. The van der Waals surface area contributed by atoms with Gasteiger partial charge in [0.25, 0.3) is 5.91 Å². The van der Waals surface area contributed by atoms with Gasteiger partial charge in [-0.2, -0.15) is 10.1 Å². The Balaban J connectivity index is 1.69. The molecule has 1 aliphatic rings. The van der Waals surface area contributed by atoms with Crippen LogP contribution in [0.25, 0.3) is 6.08 Å². The normalized spacial score (nSPS) is 18.0.